The van der Waals surface area contributed by atoms with Gasteiger partial charge in [0.05, 0.1) is 22.3 Å². The number of benzene rings is 4. The molecule has 0 amide bonds. The fourth-order valence-electron chi connectivity index (χ4n) is 15.6. The van der Waals surface area contributed by atoms with E-state index >= 15 is 0 Å². The normalized spacial score (nSPS) is 11.9. The van der Waals surface area contributed by atoms with Crippen LogP contribution in [0.5, 0.6) is 0 Å². The van der Waals surface area contributed by atoms with Crippen LogP contribution in [-0.4, -0.2) is 19.9 Å². The molecular formula is C98H112N8O4+4. The van der Waals surface area contributed by atoms with Crippen molar-refractivity contribution in [3.05, 3.63) is 238 Å². The molecule has 12 nitrogen and oxygen atoms in total. The van der Waals surface area contributed by atoms with Gasteiger partial charge in [0.2, 0.25) is 45.6 Å². The summed E-state index contributed by atoms with van der Waals surface area (Å²) in [5.74, 6) is 3.47. The van der Waals surface area contributed by atoms with Gasteiger partial charge < -0.3 is 17.7 Å². The van der Waals surface area contributed by atoms with Crippen LogP contribution in [-0.2, 0) is 66.7 Å². The molecule has 16 rings (SSSR count). The first-order valence-electron chi connectivity index (χ1n) is 39.8. The summed E-state index contributed by atoms with van der Waals surface area (Å²) in [5, 5.41) is 8.87. The summed E-state index contributed by atoms with van der Waals surface area (Å²) in [5.41, 5.74) is 30.5. The van der Waals surface area contributed by atoms with Gasteiger partial charge in [0, 0.05) is 114 Å². The van der Waals surface area contributed by atoms with Gasteiger partial charge in [0.25, 0.3) is 0 Å². The van der Waals surface area contributed by atoms with Crippen molar-refractivity contribution in [1.82, 2.24) is 19.9 Å². The van der Waals surface area contributed by atoms with Crippen molar-refractivity contribution in [2.45, 2.75) is 169 Å². The summed E-state index contributed by atoms with van der Waals surface area (Å²) in [7, 11) is 8.40. The first-order chi connectivity index (χ1) is 52.6. The number of pyridine rings is 8. The van der Waals surface area contributed by atoms with Gasteiger partial charge in [-0.3, -0.25) is 0 Å². The molecule has 0 saturated carbocycles. The molecule has 0 radical (unpaired) electrons. The van der Waals surface area contributed by atoms with Crippen LogP contribution in [0.1, 0.15) is 163 Å². The highest BCUT2D eigenvalue weighted by molar-refractivity contribution is 6.12. The molecule has 0 aliphatic rings. The molecule has 12 aromatic heterocycles. The third kappa shape index (κ3) is 16.3. The van der Waals surface area contributed by atoms with E-state index in [1.807, 2.05) is 13.0 Å². The second-order valence-corrected chi connectivity index (χ2v) is 33.3. The average Bonchev–Trinajstić information content (AvgIpc) is 1.60. The molecule has 0 atom stereocenters. The Morgan fingerprint density at radius 2 is 0.564 bits per heavy atom. The number of aryl methyl sites for hydroxylation is 10. The van der Waals surface area contributed by atoms with Crippen LogP contribution < -0.4 is 18.3 Å². The SMILES string of the molecule is CCc1ccc2c(n1)oc1c(-c3cc(CC(C)C)cc[n+]3C)c(C)ccc12.Cc1ccc2c(n1)oc1c(-c3cc(CC(C)C)cc[n+]3C)c(C)ccc12.Cc1ccc2c(oc3nc(C(C)C)ccc32)c1-c1cc(CC(C)C)cc[n+]1C.Cc1ccc2c(oc3nc(CC(C)C)ccc32)c1-c1cc(CC(C)C)cc[n+]1C. The molecule has 16 aromatic rings. The Kier molecular flexibility index (Phi) is 22.8. The lowest BCUT2D eigenvalue weighted by atomic mass is 9.97. The maximum Gasteiger partial charge on any atom is 0.227 e. The van der Waals surface area contributed by atoms with Crippen LogP contribution in [0.2, 0.25) is 0 Å². The van der Waals surface area contributed by atoms with E-state index in [4.69, 9.17) is 32.6 Å². The third-order valence-corrected chi connectivity index (χ3v) is 21.2. The second-order valence-electron chi connectivity index (χ2n) is 33.3. The minimum atomic E-state index is 0.379. The van der Waals surface area contributed by atoms with Gasteiger partial charge in [-0.25, -0.2) is 38.2 Å². The van der Waals surface area contributed by atoms with Crippen molar-refractivity contribution >= 4 is 88.3 Å². The minimum Gasteiger partial charge on any atom is -0.437 e. The van der Waals surface area contributed by atoms with Crippen LogP contribution in [0.3, 0.4) is 0 Å². The van der Waals surface area contributed by atoms with Gasteiger partial charge in [0.1, 0.15) is 28.2 Å². The van der Waals surface area contributed by atoms with E-state index in [1.54, 1.807) is 0 Å². The second kappa shape index (κ2) is 32.5. The molecule has 0 aliphatic carbocycles. The number of nitrogens with zero attached hydrogens (tertiary/aromatic N) is 8. The molecule has 0 unspecified atom stereocenters. The third-order valence-electron chi connectivity index (χ3n) is 21.2. The van der Waals surface area contributed by atoms with Crippen LogP contribution in [0, 0.1) is 64.2 Å². The molecule has 0 spiro atoms. The van der Waals surface area contributed by atoms with Crippen LogP contribution in [0.4, 0.5) is 0 Å². The van der Waals surface area contributed by atoms with E-state index in [0.29, 0.717) is 41.2 Å². The molecule has 0 saturated heterocycles. The van der Waals surface area contributed by atoms with Gasteiger partial charge in [-0.15, -0.1) is 0 Å². The van der Waals surface area contributed by atoms with Gasteiger partial charge in [0.15, 0.2) is 47.1 Å². The quantitative estimate of drug-likeness (QED) is 0.0878. The fourth-order valence-corrected chi connectivity index (χ4v) is 15.6. The maximum absolute atomic E-state index is 6.39. The molecule has 564 valence electrons. The summed E-state index contributed by atoms with van der Waals surface area (Å²) in [6, 6.07) is 52.4. The number of rotatable bonds is 16. The highest BCUT2D eigenvalue weighted by atomic mass is 16.4. The van der Waals surface area contributed by atoms with Gasteiger partial charge in [-0.1, -0.05) is 139 Å². The van der Waals surface area contributed by atoms with E-state index in [0.717, 1.165) is 161 Å². The van der Waals surface area contributed by atoms with E-state index in [1.165, 1.54) is 72.8 Å². The van der Waals surface area contributed by atoms with Crippen LogP contribution in [0.25, 0.3) is 133 Å². The van der Waals surface area contributed by atoms with Crippen molar-refractivity contribution in [1.29, 1.82) is 0 Å². The zero-order valence-electron chi connectivity index (χ0n) is 69.1. The number of fused-ring (bicyclic) bond motifs is 12. The van der Waals surface area contributed by atoms with Crippen LogP contribution >= 0.6 is 0 Å². The zero-order chi connectivity index (χ0) is 78.3. The standard InChI is InChI=1S/C26H31N2O.C25H29N2O.C24H27N2O.C23H25N2O/c1-16(2)13-19-11-12-28(6)23(15-19)24-18(5)7-9-21-22-10-8-20(14-17(3)4)27-26(22)29-25(21)24;1-15(2)13-18-11-12-27(6)22(14-18)23-17(5)7-8-19-20-9-10-21(16(3)4)26-25(20)28-24(19)23;1-6-18-8-10-20-19-9-7-16(4)22(23(19)27-24(20)25-18)21-14-17(13-15(2)3)11-12-26(21)5;1-14(2)12-17-10-11-25(5)20(13-17)21-15(3)6-8-18-19-9-7-16(4)24-23(19)26-22(18)21/h7-12,15-17H,13-14H2,1-6H3;7-12,14-16H,13H2,1-6H3;7-12,14-15H,6,13H2,1-5H3;6-11,13-14H,12H2,1-5H3/q4*+1. The monoisotopic (exact) mass is 1460 g/mol. The van der Waals surface area contributed by atoms with Crippen molar-refractivity contribution in [3.63, 3.8) is 0 Å². The predicted molar refractivity (Wildman–Crippen MR) is 452 cm³/mol. The van der Waals surface area contributed by atoms with Crippen molar-refractivity contribution in [2.24, 2.45) is 57.8 Å². The van der Waals surface area contributed by atoms with Crippen molar-refractivity contribution < 1.29 is 35.9 Å². The molecule has 0 bridgehead atoms. The highest BCUT2D eigenvalue weighted by Crippen LogP contribution is 2.42. The molecule has 4 aromatic carbocycles. The topological polar surface area (TPSA) is 120 Å². The number of furan rings is 4. The summed E-state index contributed by atoms with van der Waals surface area (Å²) >= 11 is 0. The molecule has 110 heavy (non-hydrogen) atoms. The number of hydrogen-bond donors (Lipinski definition) is 0. The Balaban J connectivity index is 0.000000129. The largest absolute Gasteiger partial charge is 0.437 e. The first kappa shape index (κ1) is 77.4. The Morgan fingerprint density at radius 1 is 0.291 bits per heavy atom. The molecule has 0 aliphatic heterocycles. The van der Waals surface area contributed by atoms with Crippen LogP contribution in [0.15, 0.2) is 188 Å². The van der Waals surface area contributed by atoms with Gasteiger partial charge in [-0.2, -0.15) is 0 Å². The Morgan fingerprint density at radius 3 is 0.873 bits per heavy atom. The molecule has 0 fully saturated rings. The maximum atomic E-state index is 6.39. The number of aromatic nitrogens is 8. The fraction of sp³-hybridized carbons (Fsp3) is 0.347. The zero-order valence-corrected chi connectivity index (χ0v) is 69.1. The Hall–Kier alpha value is -10.7. The van der Waals surface area contributed by atoms with Crippen molar-refractivity contribution in [2.75, 3.05) is 0 Å². The molecule has 12 heterocycles. The minimum absolute atomic E-state index is 0.379. The highest BCUT2D eigenvalue weighted by Gasteiger charge is 2.28. The lowest BCUT2D eigenvalue weighted by molar-refractivity contribution is -0.660. The van der Waals surface area contributed by atoms with E-state index in [-0.39, 0.29) is 0 Å². The Labute approximate surface area is 649 Å². The first-order valence-corrected chi connectivity index (χ1v) is 39.8. The lowest BCUT2D eigenvalue weighted by Crippen LogP contribution is -2.31. The number of hydrogen-bond acceptors (Lipinski definition) is 8. The summed E-state index contributed by atoms with van der Waals surface area (Å²) in [6.45, 7) is 39.6. The molecular weight excluding hydrogens is 1350 g/mol. The molecule has 0 N–H and O–H groups in total. The Bertz CT molecular complexity index is 6100. The summed E-state index contributed by atoms with van der Waals surface area (Å²) < 4.78 is 34.1. The smallest absolute Gasteiger partial charge is 0.227 e. The van der Waals surface area contributed by atoms with Crippen molar-refractivity contribution in [3.8, 4) is 45.0 Å². The summed E-state index contributed by atoms with van der Waals surface area (Å²) in [4.78, 5) is 18.9. The van der Waals surface area contributed by atoms with E-state index < -0.39 is 0 Å². The predicted octanol–water partition coefficient (Wildman–Crippen LogP) is 23.1. The average molecular weight is 1470 g/mol. The van der Waals surface area contributed by atoms with E-state index in [9.17, 15) is 0 Å². The molecule has 12 heteroatoms. The van der Waals surface area contributed by atoms with Gasteiger partial charge >= 0.3 is 0 Å². The van der Waals surface area contributed by atoms with Gasteiger partial charge in [-0.05, 0) is 202 Å². The lowest BCUT2D eigenvalue weighted by Gasteiger charge is -2.09. The van der Waals surface area contributed by atoms with E-state index in [2.05, 4.69) is 333 Å². The summed E-state index contributed by atoms with van der Waals surface area (Å²) in [6.07, 6.45) is 14.8.